The molecule has 0 aliphatic heterocycles. The predicted octanol–water partition coefficient (Wildman–Crippen LogP) is 4.24. The molecule has 0 aliphatic carbocycles. The average molecular weight is 416 g/mol. The number of ether oxygens (including phenoxy) is 1. The number of amides is 2. The summed E-state index contributed by atoms with van der Waals surface area (Å²) in [6.45, 7) is 0.313. The smallest absolute Gasteiger partial charge is 0.411 e. The minimum atomic E-state index is -0.539. The highest BCUT2D eigenvalue weighted by molar-refractivity contribution is 5.94. The van der Waals surface area contributed by atoms with Crippen LogP contribution in [-0.4, -0.2) is 28.9 Å². The van der Waals surface area contributed by atoms with E-state index in [0.717, 1.165) is 11.3 Å². The Balaban J connectivity index is 1.52. The molecule has 0 spiro atoms. The summed E-state index contributed by atoms with van der Waals surface area (Å²) in [5.74, 6) is 0.309. The molecule has 0 aliphatic rings. The number of benzene rings is 2. The summed E-state index contributed by atoms with van der Waals surface area (Å²) in [7, 11) is 1.30. The van der Waals surface area contributed by atoms with Gasteiger partial charge in [0.15, 0.2) is 5.76 Å². The van der Waals surface area contributed by atoms with Crippen LogP contribution in [0.3, 0.4) is 0 Å². The fourth-order valence-electron chi connectivity index (χ4n) is 3.00. The molecule has 0 fully saturated rings. The molecule has 4 aromatic rings. The molecule has 2 amide bonds. The van der Waals surface area contributed by atoms with Crippen molar-refractivity contribution in [1.29, 1.82) is 0 Å². The fraction of sp³-hybridized carbons (Fsp3) is 0.0870. The molecular weight excluding hydrogens is 396 g/mol. The number of rotatable bonds is 6. The number of carbonyl (C=O) groups is 2. The molecule has 8 nitrogen and oxygen atoms in total. The largest absolute Gasteiger partial charge is 0.463 e. The van der Waals surface area contributed by atoms with Crippen molar-refractivity contribution in [3.05, 3.63) is 90.3 Å². The van der Waals surface area contributed by atoms with Crippen LogP contribution in [0.4, 0.5) is 10.5 Å². The van der Waals surface area contributed by atoms with E-state index >= 15 is 0 Å². The second kappa shape index (κ2) is 9.00. The molecule has 2 N–H and O–H groups in total. The van der Waals surface area contributed by atoms with Crippen molar-refractivity contribution >= 4 is 17.7 Å². The number of aromatic nitrogens is 2. The van der Waals surface area contributed by atoms with E-state index in [9.17, 15) is 9.59 Å². The van der Waals surface area contributed by atoms with E-state index < -0.39 is 6.09 Å². The van der Waals surface area contributed by atoms with Gasteiger partial charge in [0.1, 0.15) is 11.4 Å². The van der Waals surface area contributed by atoms with Gasteiger partial charge in [0, 0.05) is 18.3 Å². The standard InChI is InChI=1S/C23H20N4O4/c1-30-23(29)25-17-11-9-16(10-12-17)15-24-22(28)20-14-19(21-8-5-13-31-21)26-27(20)18-6-3-2-4-7-18/h2-14H,15H2,1H3,(H,24,28)(H,25,29). The molecule has 8 heteroatoms. The van der Waals surface area contributed by atoms with Gasteiger partial charge < -0.3 is 14.5 Å². The van der Waals surface area contributed by atoms with Gasteiger partial charge in [-0.15, -0.1) is 0 Å². The van der Waals surface area contributed by atoms with Crippen molar-refractivity contribution in [2.75, 3.05) is 12.4 Å². The van der Waals surface area contributed by atoms with E-state index in [0.29, 0.717) is 29.4 Å². The van der Waals surface area contributed by atoms with Crippen LogP contribution in [0.2, 0.25) is 0 Å². The summed E-state index contributed by atoms with van der Waals surface area (Å²) < 4.78 is 11.6. The van der Waals surface area contributed by atoms with E-state index in [4.69, 9.17) is 4.42 Å². The molecule has 4 rings (SSSR count). The Kier molecular flexibility index (Phi) is 5.79. The number of furan rings is 1. The lowest BCUT2D eigenvalue weighted by Crippen LogP contribution is -2.25. The summed E-state index contributed by atoms with van der Waals surface area (Å²) in [6, 6.07) is 21.8. The monoisotopic (exact) mass is 416 g/mol. The first-order chi connectivity index (χ1) is 15.1. The van der Waals surface area contributed by atoms with Crippen molar-refractivity contribution in [2.45, 2.75) is 6.54 Å². The minimum absolute atomic E-state index is 0.272. The van der Waals surface area contributed by atoms with E-state index in [-0.39, 0.29) is 5.91 Å². The number of carbonyl (C=O) groups excluding carboxylic acids is 2. The van der Waals surface area contributed by atoms with Gasteiger partial charge in [0.2, 0.25) is 0 Å². The van der Waals surface area contributed by atoms with Crippen molar-refractivity contribution in [2.24, 2.45) is 0 Å². The first-order valence-electron chi connectivity index (χ1n) is 9.55. The van der Waals surface area contributed by atoms with Crippen LogP contribution in [0, 0.1) is 0 Å². The maximum absolute atomic E-state index is 13.0. The Bertz CT molecular complexity index is 1170. The molecule has 0 atom stereocenters. The second-order valence-corrected chi connectivity index (χ2v) is 6.64. The maximum atomic E-state index is 13.0. The van der Waals surface area contributed by atoms with Gasteiger partial charge in [-0.1, -0.05) is 30.3 Å². The first kappa shape index (κ1) is 20.0. The van der Waals surface area contributed by atoms with Crippen LogP contribution in [0.5, 0.6) is 0 Å². The highest BCUT2D eigenvalue weighted by Gasteiger charge is 2.18. The Hall–Kier alpha value is -4.33. The van der Waals surface area contributed by atoms with Crippen LogP contribution in [-0.2, 0) is 11.3 Å². The molecule has 156 valence electrons. The lowest BCUT2D eigenvalue weighted by molar-refractivity contribution is 0.0943. The number of methoxy groups -OCH3 is 1. The van der Waals surface area contributed by atoms with Gasteiger partial charge in [-0.25, -0.2) is 9.48 Å². The quantitative estimate of drug-likeness (QED) is 0.490. The lowest BCUT2D eigenvalue weighted by Gasteiger charge is -2.09. The molecule has 0 unspecified atom stereocenters. The number of para-hydroxylation sites is 1. The zero-order chi connectivity index (χ0) is 21.6. The molecule has 2 aromatic heterocycles. The van der Waals surface area contributed by atoms with Crippen molar-refractivity contribution < 1.29 is 18.7 Å². The summed E-state index contributed by atoms with van der Waals surface area (Å²) in [5.41, 5.74) is 3.20. The van der Waals surface area contributed by atoms with E-state index in [2.05, 4.69) is 20.5 Å². The van der Waals surface area contributed by atoms with Crippen LogP contribution in [0.1, 0.15) is 16.1 Å². The van der Waals surface area contributed by atoms with Crippen molar-refractivity contribution in [1.82, 2.24) is 15.1 Å². The lowest BCUT2D eigenvalue weighted by atomic mass is 10.2. The number of anilines is 1. The molecule has 0 saturated heterocycles. The molecule has 0 radical (unpaired) electrons. The number of nitrogens with one attached hydrogen (secondary N) is 2. The third-order valence-electron chi connectivity index (χ3n) is 4.56. The van der Waals surface area contributed by atoms with Gasteiger partial charge in [-0.2, -0.15) is 5.10 Å². The highest BCUT2D eigenvalue weighted by atomic mass is 16.5. The first-order valence-corrected chi connectivity index (χ1v) is 9.55. The summed E-state index contributed by atoms with van der Waals surface area (Å²) in [4.78, 5) is 24.2. The van der Waals surface area contributed by atoms with Crippen LogP contribution >= 0.6 is 0 Å². The van der Waals surface area contributed by atoms with Crippen LogP contribution in [0.25, 0.3) is 17.1 Å². The van der Waals surface area contributed by atoms with Crippen LogP contribution in [0.15, 0.2) is 83.5 Å². The molecular formula is C23H20N4O4. The summed E-state index contributed by atoms with van der Waals surface area (Å²) in [6.07, 6.45) is 1.03. The second-order valence-electron chi connectivity index (χ2n) is 6.64. The third-order valence-corrected chi connectivity index (χ3v) is 4.56. The SMILES string of the molecule is COC(=O)Nc1ccc(CNC(=O)c2cc(-c3ccco3)nn2-c2ccccc2)cc1. The zero-order valence-corrected chi connectivity index (χ0v) is 16.7. The normalized spacial score (nSPS) is 10.5. The van der Waals surface area contributed by atoms with Gasteiger partial charge in [-0.3, -0.25) is 10.1 Å². The maximum Gasteiger partial charge on any atom is 0.411 e. The van der Waals surface area contributed by atoms with Crippen LogP contribution < -0.4 is 10.6 Å². The van der Waals surface area contributed by atoms with Gasteiger partial charge in [-0.05, 0) is 42.0 Å². The predicted molar refractivity (Wildman–Crippen MR) is 115 cm³/mol. The van der Waals surface area contributed by atoms with Crippen molar-refractivity contribution in [3.63, 3.8) is 0 Å². The fourth-order valence-corrected chi connectivity index (χ4v) is 3.00. The molecule has 2 aromatic carbocycles. The van der Waals surface area contributed by atoms with Crippen molar-refractivity contribution in [3.8, 4) is 17.1 Å². The molecule has 0 saturated carbocycles. The zero-order valence-electron chi connectivity index (χ0n) is 16.7. The van der Waals surface area contributed by atoms with Gasteiger partial charge in [0.25, 0.3) is 5.91 Å². The van der Waals surface area contributed by atoms with E-state index in [1.54, 1.807) is 41.3 Å². The Labute approximate surface area is 178 Å². The Morgan fingerprint density at radius 3 is 2.48 bits per heavy atom. The molecule has 2 heterocycles. The number of nitrogens with zero attached hydrogens (tertiary/aromatic N) is 2. The Morgan fingerprint density at radius 1 is 1.03 bits per heavy atom. The summed E-state index contributed by atoms with van der Waals surface area (Å²) in [5, 5.41) is 10.1. The minimum Gasteiger partial charge on any atom is -0.463 e. The topological polar surface area (TPSA) is 98.4 Å². The molecule has 31 heavy (non-hydrogen) atoms. The highest BCUT2D eigenvalue weighted by Crippen LogP contribution is 2.22. The summed E-state index contributed by atoms with van der Waals surface area (Å²) >= 11 is 0. The number of hydrogen-bond acceptors (Lipinski definition) is 5. The average Bonchev–Trinajstić information content (AvgIpc) is 3.49. The van der Waals surface area contributed by atoms with E-state index in [1.165, 1.54) is 7.11 Å². The Morgan fingerprint density at radius 2 is 1.81 bits per heavy atom. The molecule has 0 bridgehead atoms. The third kappa shape index (κ3) is 4.64. The number of hydrogen-bond donors (Lipinski definition) is 2. The van der Waals surface area contributed by atoms with Gasteiger partial charge >= 0.3 is 6.09 Å². The van der Waals surface area contributed by atoms with E-state index in [1.807, 2.05) is 42.5 Å². The van der Waals surface area contributed by atoms with Gasteiger partial charge in [0.05, 0.1) is 19.1 Å².